The molecule has 1 fully saturated rings. The van der Waals surface area contributed by atoms with Gasteiger partial charge in [0.1, 0.15) is 23.7 Å². The van der Waals surface area contributed by atoms with Gasteiger partial charge in [-0.1, -0.05) is 42.5 Å². The number of Topliss-reactive ketones (excluding diaryl/α,β-unsaturated/α-hetero) is 1. The van der Waals surface area contributed by atoms with Crippen LogP contribution >= 0.6 is 0 Å². The minimum atomic E-state index is -0.925. The maximum absolute atomic E-state index is 13.6. The summed E-state index contributed by atoms with van der Waals surface area (Å²) in [5, 5.41) is 11.7. The lowest BCUT2D eigenvalue weighted by Crippen LogP contribution is -2.29. The molecule has 1 aliphatic heterocycles. The molecule has 212 valence electrons. The monoisotopic (exact) mass is 563 g/mol. The Morgan fingerprint density at radius 3 is 2.55 bits per heavy atom. The Balaban J connectivity index is 1.47. The minimum absolute atomic E-state index is 0.0291. The number of pyridine rings is 1. The number of amides is 1. The molecule has 42 heavy (non-hydrogen) atoms. The van der Waals surface area contributed by atoms with Crippen molar-refractivity contribution in [2.45, 2.75) is 33.0 Å². The topological polar surface area (TPSA) is 107 Å². The number of aliphatic hydroxyl groups excluding tert-OH is 1. The number of aryl methyl sites for hydroxylation is 1. The largest absolute Gasteiger partial charge is 0.505 e. The molecule has 1 unspecified atom stereocenters. The molecule has 3 aromatic heterocycles. The summed E-state index contributed by atoms with van der Waals surface area (Å²) < 4.78 is 19.2. The molecule has 9 heteroatoms. The molecule has 0 aliphatic carbocycles. The summed E-state index contributed by atoms with van der Waals surface area (Å²) in [6, 6.07) is 23.0. The maximum Gasteiger partial charge on any atom is 0.296 e. The van der Waals surface area contributed by atoms with Crippen LogP contribution in [0.25, 0.3) is 11.4 Å². The molecule has 1 aliphatic rings. The van der Waals surface area contributed by atoms with Gasteiger partial charge in [-0.25, -0.2) is 4.98 Å². The average molecular weight is 564 g/mol. The van der Waals surface area contributed by atoms with Gasteiger partial charge in [0, 0.05) is 6.20 Å². The number of rotatable bonds is 9. The molecular weight excluding hydrogens is 534 g/mol. The molecule has 4 heterocycles. The zero-order valence-corrected chi connectivity index (χ0v) is 23.2. The van der Waals surface area contributed by atoms with Gasteiger partial charge in [0.25, 0.3) is 11.7 Å². The van der Waals surface area contributed by atoms with Crippen LogP contribution in [0.1, 0.15) is 41.2 Å². The number of carbonyl (C=O) groups excluding carboxylic acids is 2. The number of hydrogen-bond acceptors (Lipinski definition) is 7. The van der Waals surface area contributed by atoms with Crippen molar-refractivity contribution >= 4 is 23.1 Å². The van der Waals surface area contributed by atoms with Gasteiger partial charge in [0.2, 0.25) is 0 Å². The molecule has 1 atom stereocenters. The molecule has 5 aromatic rings. The predicted octanol–water partition coefficient (Wildman–Crippen LogP) is 5.84. The Morgan fingerprint density at radius 2 is 1.79 bits per heavy atom. The molecule has 2 aromatic carbocycles. The van der Waals surface area contributed by atoms with Crippen LogP contribution in [0.3, 0.4) is 0 Å². The predicted molar refractivity (Wildman–Crippen MR) is 155 cm³/mol. The third kappa shape index (κ3) is 4.89. The lowest BCUT2D eigenvalue weighted by molar-refractivity contribution is -0.140. The van der Waals surface area contributed by atoms with Gasteiger partial charge >= 0.3 is 0 Å². The number of carbonyl (C=O) groups is 2. The summed E-state index contributed by atoms with van der Waals surface area (Å²) in [5.41, 5.74) is 3.01. The first kappa shape index (κ1) is 26.9. The third-order valence-electron chi connectivity index (χ3n) is 7.20. The highest BCUT2D eigenvalue weighted by molar-refractivity contribution is 6.46. The number of fused-ring (bicyclic) bond motifs is 1. The van der Waals surface area contributed by atoms with Crippen molar-refractivity contribution in [1.29, 1.82) is 0 Å². The molecule has 0 spiro atoms. The van der Waals surface area contributed by atoms with E-state index in [4.69, 9.17) is 13.9 Å². The fraction of sp³-hybridized carbons (Fsp3) is 0.182. The van der Waals surface area contributed by atoms with Gasteiger partial charge in [-0.05, 0) is 61.4 Å². The Bertz CT molecular complexity index is 1790. The number of nitrogens with zero attached hydrogens (tertiary/aromatic N) is 3. The van der Waals surface area contributed by atoms with Crippen LogP contribution in [0.2, 0.25) is 0 Å². The summed E-state index contributed by atoms with van der Waals surface area (Å²) in [5.74, 6) is -0.367. The van der Waals surface area contributed by atoms with Crippen LogP contribution in [-0.4, -0.2) is 37.7 Å². The number of ketones is 1. The average Bonchev–Trinajstić information content (AvgIpc) is 3.70. The number of imidazole rings is 1. The first-order valence-corrected chi connectivity index (χ1v) is 13.6. The molecule has 9 nitrogen and oxygen atoms in total. The van der Waals surface area contributed by atoms with Crippen molar-refractivity contribution in [3.8, 4) is 11.5 Å². The molecular formula is C33H29N3O6. The molecule has 1 amide bonds. The van der Waals surface area contributed by atoms with Gasteiger partial charge in [-0.15, -0.1) is 0 Å². The Labute approximate surface area is 242 Å². The van der Waals surface area contributed by atoms with E-state index < -0.39 is 17.7 Å². The van der Waals surface area contributed by atoms with E-state index in [1.54, 1.807) is 60.0 Å². The first-order chi connectivity index (χ1) is 20.5. The standard InChI is InChI=1S/C33H29N3O6/c1-3-40-26-18-23(14-15-25(26)42-20-22-10-5-4-6-11-22)30-28(32(38)33(39)36(30)19-24-12-9-17-41-24)31(37)29-21(2)34-27-13-7-8-16-35(27)29/h4-18,30,37H,3,19-20H2,1-2H3/b31-28+. The third-order valence-corrected chi connectivity index (χ3v) is 7.20. The lowest BCUT2D eigenvalue weighted by Gasteiger charge is -2.25. The van der Waals surface area contributed by atoms with Crippen molar-refractivity contribution in [2.24, 2.45) is 0 Å². The van der Waals surface area contributed by atoms with Crippen molar-refractivity contribution < 1.29 is 28.6 Å². The van der Waals surface area contributed by atoms with Crippen LogP contribution in [0, 0.1) is 6.92 Å². The van der Waals surface area contributed by atoms with Gasteiger partial charge in [0.05, 0.1) is 36.7 Å². The second-order valence-corrected chi connectivity index (χ2v) is 9.89. The number of hydrogen-bond donors (Lipinski definition) is 1. The van der Waals surface area contributed by atoms with E-state index in [0.29, 0.717) is 53.1 Å². The summed E-state index contributed by atoms with van der Waals surface area (Å²) in [7, 11) is 0. The van der Waals surface area contributed by atoms with Crippen molar-refractivity contribution in [3.05, 3.63) is 125 Å². The fourth-order valence-corrected chi connectivity index (χ4v) is 5.30. The highest BCUT2D eigenvalue weighted by Crippen LogP contribution is 2.43. The van der Waals surface area contributed by atoms with Crippen LogP contribution in [0.4, 0.5) is 0 Å². The molecule has 0 bridgehead atoms. The quantitative estimate of drug-likeness (QED) is 0.137. The van der Waals surface area contributed by atoms with E-state index in [1.807, 2.05) is 43.3 Å². The molecule has 0 radical (unpaired) electrons. The smallest absolute Gasteiger partial charge is 0.296 e. The molecule has 0 saturated carbocycles. The highest BCUT2D eigenvalue weighted by Gasteiger charge is 2.47. The second-order valence-electron chi connectivity index (χ2n) is 9.89. The summed E-state index contributed by atoms with van der Waals surface area (Å²) in [6.07, 6.45) is 3.26. The summed E-state index contributed by atoms with van der Waals surface area (Å²) >= 11 is 0. The Hall–Kier alpha value is -5.31. The van der Waals surface area contributed by atoms with E-state index >= 15 is 0 Å². The first-order valence-electron chi connectivity index (χ1n) is 13.6. The van der Waals surface area contributed by atoms with Crippen molar-refractivity contribution in [3.63, 3.8) is 0 Å². The van der Waals surface area contributed by atoms with E-state index in [0.717, 1.165) is 5.56 Å². The normalized spacial score (nSPS) is 16.3. The lowest BCUT2D eigenvalue weighted by atomic mass is 9.95. The fourth-order valence-electron chi connectivity index (χ4n) is 5.30. The SMILES string of the molecule is CCOc1cc(C2/C(=C(\O)c3c(C)nc4ccccn34)C(=O)C(=O)N2Cc2ccco2)ccc1OCc1ccccc1. The minimum Gasteiger partial charge on any atom is -0.505 e. The van der Waals surface area contributed by atoms with E-state index in [-0.39, 0.29) is 17.9 Å². The molecule has 1 saturated heterocycles. The maximum atomic E-state index is 13.6. The van der Waals surface area contributed by atoms with Crippen molar-refractivity contribution in [2.75, 3.05) is 6.61 Å². The molecule has 1 N–H and O–H groups in total. The van der Waals surface area contributed by atoms with Crippen LogP contribution in [0.5, 0.6) is 11.5 Å². The van der Waals surface area contributed by atoms with Gasteiger partial charge in [0.15, 0.2) is 17.3 Å². The van der Waals surface area contributed by atoms with Crippen LogP contribution < -0.4 is 9.47 Å². The van der Waals surface area contributed by atoms with E-state index in [2.05, 4.69) is 4.98 Å². The Morgan fingerprint density at radius 1 is 0.976 bits per heavy atom. The second kappa shape index (κ2) is 11.3. The van der Waals surface area contributed by atoms with Crippen molar-refractivity contribution in [1.82, 2.24) is 14.3 Å². The summed E-state index contributed by atoms with van der Waals surface area (Å²) in [4.78, 5) is 33.1. The van der Waals surface area contributed by atoms with Gasteiger partial charge in [-0.3, -0.25) is 14.0 Å². The number of ether oxygens (including phenoxy) is 2. The van der Waals surface area contributed by atoms with Gasteiger partial charge in [-0.2, -0.15) is 0 Å². The highest BCUT2D eigenvalue weighted by atomic mass is 16.5. The van der Waals surface area contributed by atoms with E-state index in [1.165, 1.54) is 11.2 Å². The van der Waals surface area contributed by atoms with E-state index in [9.17, 15) is 14.7 Å². The van der Waals surface area contributed by atoms with Crippen LogP contribution in [-0.2, 0) is 22.7 Å². The number of furan rings is 1. The molecule has 6 rings (SSSR count). The number of aromatic nitrogens is 2. The van der Waals surface area contributed by atoms with Gasteiger partial charge < -0.3 is 23.9 Å². The zero-order chi connectivity index (χ0) is 29.2. The zero-order valence-electron chi connectivity index (χ0n) is 23.2. The van der Waals surface area contributed by atoms with Crippen LogP contribution in [0.15, 0.2) is 101 Å². The Kier molecular flexibility index (Phi) is 7.23. The number of likely N-dealkylation sites (tertiary alicyclic amines) is 1. The number of aliphatic hydroxyl groups is 1. The number of benzene rings is 2. The summed E-state index contributed by atoms with van der Waals surface area (Å²) in [6.45, 7) is 4.36.